The fraction of sp³-hybridized carbons (Fsp3) is 0.0952. The molecule has 24 heavy (non-hydrogen) atoms. The molecule has 0 unspecified atom stereocenters. The molecule has 0 aromatic heterocycles. The Bertz CT molecular complexity index is 840. The van der Waals surface area contributed by atoms with Crippen molar-refractivity contribution in [2.24, 2.45) is 0 Å². The van der Waals surface area contributed by atoms with Gasteiger partial charge in [-0.25, -0.2) is 0 Å². The van der Waals surface area contributed by atoms with Crippen molar-refractivity contribution in [2.45, 2.75) is 12.8 Å². The number of hydrogen-bond acceptors (Lipinski definition) is 3. The highest BCUT2D eigenvalue weighted by molar-refractivity contribution is 6.00. The first kappa shape index (κ1) is 15.8. The first-order valence-corrected chi connectivity index (χ1v) is 7.80. The van der Waals surface area contributed by atoms with Crippen LogP contribution in [0.15, 0.2) is 72.8 Å². The first-order valence-electron chi connectivity index (χ1n) is 7.80. The van der Waals surface area contributed by atoms with Crippen LogP contribution in [0.2, 0.25) is 0 Å². The smallest absolute Gasteiger partial charge is 0.170 e. The van der Waals surface area contributed by atoms with Crippen molar-refractivity contribution in [2.75, 3.05) is 0 Å². The highest BCUT2D eigenvalue weighted by atomic mass is 16.3. The zero-order valence-electron chi connectivity index (χ0n) is 13.1. The van der Waals surface area contributed by atoms with E-state index in [-0.39, 0.29) is 29.3 Å². The minimum atomic E-state index is -0.173. The predicted octanol–water partition coefficient (Wildman–Crippen LogP) is 4.11. The Balaban J connectivity index is 1.89. The second-order valence-electron chi connectivity index (χ2n) is 5.71. The van der Waals surface area contributed by atoms with E-state index < -0.39 is 0 Å². The third-order valence-electron chi connectivity index (χ3n) is 3.99. The summed E-state index contributed by atoms with van der Waals surface area (Å²) in [6.07, 6.45) is 0.578. The Morgan fingerprint density at radius 1 is 0.750 bits per heavy atom. The maximum Gasteiger partial charge on any atom is 0.170 e. The number of rotatable bonds is 5. The second kappa shape index (κ2) is 7.01. The van der Waals surface area contributed by atoms with Crippen LogP contribution in [0.3, 0.4) is 0 Å². The van der Waals surface area contributed by atoms with Crippen LogP contribution in [0, 0.1) is 0 Å². The van der Waals surface area contributed by atoms with Gasteiger partial charge in [-0.1, -0.05) is 60.7 Å². The third kappa shape index (κ3) is 3.46. The summed E-state index contributed by atoms with van der Waals surface area (Å²) in [5, 5.41) is 20.6. The normalized spacial score (nSPS) is 10.5. The Morgan fingerprint density at radius 2 is 1.33 bits per heavy atom. The lowest BCUT2D eigenvalue weighted by Crippen LogP contribution is -2.05. The molecule has 0 saturated carbocycles. The summed E-state index contributed by atoms with van der Waals surface area (Å²) in [7, 11) is 0. The molecule has 0 fully saturated rings. The third-order valence-corrected chi connectivity index (χ3v) is 3.99. The Hall–Kier alpha value is -3.07. The van der Waals surface area contributed by atoms with Crippen molar-refractivity contribution >= 4 is 5.78 Å². The first-order chi connectivity index (χ1) is 11.6. The van der Waals surface area contributed by atoms with E-state index in [0.29, 0.717) is 12.0 Å². The van der Waals surface area contributed by atoms with E-state index in [0.717, 1.165) is 11.1 Å². The molecule has 0 radical (unpaired) electrons. The predicted molar refractivity (Wildman–Crippen MR) is 93.5 cm³/mol. The van der Waals surface area contributed by atoms with Gasteiger partial charge in [0.2, 0.25) is 0 Å². The van der Waals surface area contributed by atoms with Crippen molar-refractivity contribution in [1.29, 1.82) is 0 Å². The van der Waals surface area contributed by atoms with E-state index in [4.69, 9.17) is 0 Å². The summed E-state index contributed by atoms with van der Waals surface area (Å²) in [6.45, 7) is 0. The molecule has 3 aromatic carbocycles. The molecule has 0 bridgehead atoms. The molecule has 0 amide bonds. The zero-order chi connectivity index (χ0) is 16.9. The highest BCUT2D eigenvalue weighted by Crippen LogP contribution is 2.33. The Kier molecular flexibility index (Phi) is 4.62. The second-order valence-corrected chi connectivity index (χ2v) is 5.71. The van der Waals surface area contributed by atoms with Gasteiger partial charge in [-0.2, -0.15) is 0 Å². The Morgan fingerprint density at radius 3 is 1.96 bits per heavy atom. The quantitative estimate of drug-likeness (QED) is 0.696. The molecule has 3 nitrogen and oxygen atoms in total. The zero-order valence-corrected chi connectivity index (χ0v) is 13.1. The highest BCUT2D eigenvalue weighted by Gasteiger charge is 2.18. The van der Waals surface area contributed by atoms with Gasteiger partial charge in [0.05, 0.1) is 5.56 Å². The molecule has 0 heterocycles. The van der Waals surface area contributed by atoms with Gasteiger partial charge < -0.3 is 10.2 Å². The van der Waals surface area contributed by atoms with Gasteiger partial charge >= 0.3 is 0 Å². The average molecular weight is 318 g/mol. The SMILES string of the molecule is O=C(Cc1ccccc1)c1ccc(O)c(Cc2ccccc2)c1O. The van der Waals surface area contributed by atoms with Gasteiger partial charge in [0.25, 0.3) is 0 Å². The number of carbonyl (C=O) groups is 1. The molecule has 0 saturated heterocycles. The molecular formula is C21H18O3. The number of benzene rings is 3. The van der Waals surface area contributed by atoms with Crippen LogP contribution >= 0.6 is 0 Å². The van der Waals surface area contributed by atoms with Crippen LogP contribution in [-0.2, 0) is 12.8 Å². The molecule has 0 aliphatic heterocycles. The number of ketones is 1. The van der Waals surface area contributed by atoms with Crippen LogP contribution in [0.25, 0.3) is 0 Å². The number of hydrogen-bond donors (Lipinski definition) is 2. The van der Waals surface area contributed by atoms with Crippen molar-refractivity contribution in [3.05, 3.63) is 95.1 Å². The van der Waals surface area contributed by atoms with Gasteiger partial charge in [0.1, 0.15) is 11.5 Å². The summed E-state index contributed by atoms with van der Waals surface area (Å²) in [5.74, 6) is -0.319. The summed E-state index contributed by atoms with van der Waals surface area (Å²) in [6, 6.07) is 21.9. The molecular weight excluding hydrogens is 300 g/mol. The van der Waals surface area contributed by atoms with Crippen molar-refractivity contribution in [3.63, 3.8) is 0 Å². The Labute approximate surface area is 140 Å². The van der Waals surface area contributed by atoms with E-state index in [2.05, 4.69) is 0 Å². The lowest BCUT2D eigenvalue weighted by molar-refractivity contribution is 0.0990. The van der Waals surface area contributed by atoms with E-state index >= 15 is 0 Å². The van der Waals surface area contributed by atoms with E-state index in [1.807, 2.05) is 60.7 Å². The van der Waals surface area contributed by atoms with Crippen LogP contribution in [0.1, 0.15) is 27.0 Å². The number of phenols is 2. The van der Waals surface area contributed by atoms with Crippen LogP contribution < -0.4 is 0 Å². The van der Waals surface area contributed by atoms with Gasteiger partial charge in [0.15, 0.2) is 5.78 Å². The molecule has 3 rings (SSSR count). The molecule has 3 heteroatoms. The van der Waals surface area contributed by atoms with Crippen molar-refractivity contribution in [1.82, 2.24) is 0 Å². The number of phenolic OH excluding ortho intramolecular Hbond substituents is 2. The standard InChI is InChI=1S/C21H18O3/c22-19-12-11-17(20(23)14-16-9-5-2-6-10-16)21(24)18(19)13-15-7-3-1-4-8-15/h1-12,22,24H,13-14H2. The summed E-state index contributed by atoms with van der Waals surface area (Å²) in [4.78, 5) is 12.5. The van der Waals surface area contributed by atoms with Crippen molar-refractivity contribution in [3.8, 4) is 11.5 Å². The number of Topliss-reactive ketones (excluding diaryl/α,β-unsaturated/α-hetero) is 1. The largest absolute Gasteiger partial charge is 0.508 e. The lowest BCUT2D eigenvalue weighted by atomic mass is 9.96. The van der Waals surface area contributed by atoms with E-state index in [1.165, 1.54) is 12.1 Å². The molecule has 0 aliphatic carbocycles. The van der Waals surface area contributed by atoms with Crippen LogP contribution in [0.5, 0.6) is 11.5 Å². The maximum absolute atomic E-state index is 12.5. The lowest BCUT2D eigenvalue weighted by Gasteiger charge is -2.11. The summed E-state index contributed by atoms with van der Waals surface area (Å²) >= 11 is 0. The molecule has 120 valence electrons. The van der Waals surface area contributed by atoms with Crippen LogP contribution in [0.4, 0.5) is 0 Å². The minimum Gasteiger partial charge on any atom is -0.508 e. The number of aromatic hydroxyl groups is 2. The summed E-state index contributed by atoms with van der Waals surface area (Å²) in [5.41, 5.74) is 2.46. The number of carbonyl (C=O) groups excluding carboxylic acids is 1. The van der Waals surface area contributed by atoms with E-state index in [9.17, 15) is 15.0 Å². The van der Waals surface area contributed by atoms with Gasteiger partial charge in [-0.05, 0) is 23.3 Å². The van der Waals surface area contributed by atoms with Crippen LogP contribution in [-0.4, -0.2) is 16.0 Å². The monoisotopic (exact) mass is 318 g/mol. The van der Waals surface area contributed by atoms with E-state index in [1.54, 1.807) is 0 Å². The maximum atomic E-state index is 12.5. The van der Waals surface area contributed by atoms with Crippen molar-refractivity contribution < 1.29 is 15.0 Å². The van der Waals surface area contributed by atoms with Gasteiger partial charge in [-0.3, -0.25) is 4.79 Å². The molecule has 0 atom stereocenters. The fourth-order valence-corrected chi connectivity index (χ4v) is 2.70. The molecule has 0 spiro atoms. The average Bonchev–Trinajstić information content (AvgIpc) is 2.60. The topological polar surface area (TPSA) is 57.5 Å². The molecule has 0 aliphatic rings. The molecule has 2 N–H and O–H groups in total. The fourth-order valence-electron chi connectivity index (χ4n) is 2.70. The molecule has 3 aromatic rings. The van der Waals surface area contributed by atoms with Gasteiger partial charge in [-0.15, -0.1) is 0 Å². The summed E-state index contributed by atoms with van der Waals surface area (Å²) < 4.78 is 0. The minimum absolute atomic E-state index is 0.00684. The van der Waals surface area contributed by atoms with Gasteiger partial charge in [0, 0.05) is 18.4 Å².